The zero-order chi connectivity index (χ0) is 25.3. The number of imidazole rings is 1. The molecule has 11 heteroatoms. The molecule has 10 nitrogen and oxygen atoms in total. The van der Waals surface area contributed by atoms with Gasteiger partial charge in [-0.3, -0.25) is 9.56 Å². The number of hydrogen-bond acceptors (Lipinski definition) is 8. The average Bonchev–Trinajstić information content (AvgIpc) is 3.61. The number of rotatable bonds is 7. The fourth-order valence-electron chi connectivity index (χ4n) is 3.94. The molecule has 4 heterocycles. The molecular weight excluding hydrogens is 478 g/mol. The third-order valence-corrected chi connectivity index (χ3v) is 7.24. The lowest BCUT2D eigenvalue weighted by Crippen LogP contribution is -2.12. The second-order valence-electron chi connectivity index (χ2n) is 7.88. The summed E-state index contributed by atoms with van der Waals surface area (Å²) in [6.07, 6.45) is 6.19. The smallest absolute Gasteiger partial charge is 0.269 e. The van der Waals surface area contributed by atoms with Gasteiger partial charge in [0.05, 0.1) is 41.3 Å². The SMILES string of the molecule is Cc1ccc(-c2nc3cnc4c(ccn4S(=O)(=O)c4ccccc4)c3n2C(C=NCCC#N)=CN)o1. The summed E-state index contributed by atoms with van der Waals surface area (Å²) in [5.74, 6) is 1.65. The summed E-state index contributed by atoms with van der Waals surface area (Å²) in [5, 5.41) is 9.38. The molecule has 4 aromatic heterocycles. The first kappa shape index (κ1) is 23.1. The van der Waals surface area contributed by atoms with Gasteiger partial charge in [0.25, 0.3) is 10.0 Å². The van der Waals surface area contributed by atoms with Crippen molar-refractivity contribution >= 4 is 44.0 Å². The number of benzene rings is 1. The van der Waals surface area contributed by atoms with Crippen molar-refractivity contribution in [1.82, 2.24) is 18.5 Å². The van der Waals surface area contributed by atoms with Crippen molar-refractivity contribution < 1.29 is 12.8 Å². The van der Waals surface area contributed by atoms with Crippen LogP contribution in [0.1, 0.15) is 12.2 Å². The van der Waals surface area contributed by atoms with E-state index in [2.05, 4.69) is 16.0 Å². The van der Waals surface area contributed by atoms with Gasteiger partial charge in [-0.25, -0.2) is 22.4 Å². The Labute approximate surface area is 206 Å². The summed E-state index contributed by atoms with van der Waals surface area (Å²) < 4.78 is 35.5. The molecule has 2 N–H and O–H groups in total. The third kappa shape index (κ3) is 3.83. The molecular formula is C25H21N7O3S. The van der Waals surface area contributed by atoms with Crippen LogP contribution in [0.5, 0.6) is 0 Å². The minimum absolute atomic E-state index is 0.150. The number of allylic oxidation sites excluding steroid dienone is 1. The molecule has 0 aliphatic rings. The fourth-order valence-corrected chi connectivity index (χ4v) is 5.27. The second-order valence-corrected chi connectivity index (χ2v) is 9.69. The highest BCUT2D eigenvalue weighted by atomic mass is 32.2. The Kier molecular flexibility index (Phi) is 5.87. The number of aromatic nitrogens is 4. The molecule has 1 aromatic carbocycles. The van der Waals surface area contributed by atoms with Crippen LogP contribution in [0.4, 0.5) is 0 Å². The number of nitrogens with two attached hydrogens (primary N) is 1. The molecule has 0 fully saturated rings. The first-order valence-corrected chi connectivity index (χ1v) is 12.4. The van der Waals surface area contributed by atoms with Crippen LogP contribution in [-0.4, -0.2) is 39.7 Å². The van der Waals surface area contributed by atoms with Gasteiger partial charge in [-0.05, 0) is 37.3 Å². The van der Waals surface area contributed by atoms with Crippen LogP contribution in [0.2, 0.25) is 0 Å². The molecule has 0 unspecified atom stereocenters. The number of furan rings is 1. The second kappa shape index (κ2) is 9.16. The summed E-state index contributed by atoms with van der Waals surface area (Å²) >= 11 is 0. The Balaban J connectivity index is 1.78. The van der Waals surface area contributed by atoms with E-state index in [1.165, 1.54) is 30.7 Å². The van der Waals surface area contributed by atoms with Crippen LogP contribution in [0.15, 0.2) is 81.4 Å². The van der Waals surface area contributed by atoms with Crippen LogP contribution in [0.3, 0.4) is 0 Å². The van der Waals surface area contributed by atoms with E-state index >= 15 is 0 Å². The number of aliphatic imine (C=N–C) groups is 1. The largest absolute Gasteiger partial charge is 0.458 e. The number of nitriles is 1. The van der Waals surface area contributed by atoms with Crippen molar-refractivity contribution in [2.45, 2.75) is 18.2 Å². The van der Waals surface area contributed by atoms with E-state index in [0.29, 0.717) is 46.0 Å². The number of hydrogen-bond donors (Lipinski definition) is 1. The lowest BCUT2D eigenvalue weighted by molar-refractivity contribution is 0.543. The highest BCUT2D eigenvalue weighted by molar-refractivity contribution is 7.90. The van der Waals surface area contributed by atoms with Crippen molar-refractivity contribution in [2.75, 3.05) is 6.54 Å². The van der Waals surface area contributed by atoms with Gasteiger partial charge < -0.3 is 10.2 Å². The molecule has 180 valence electrons. The van der Waals surface area contributed by atoms with Gasteiger partial charge in [0, 0.05) is 24.0 Å². The summed E-state index contributed by atoms with van der Waals surface area (Å²) in [6, 6.07) is 15.5. The van der Waals surface area contributed by atoms with E-state index in [9.17, 15) is 8.42 Å². The zero-order valence-corrected chi connectivity index (χ0v) is 20.1. The Morgan fingerprint density at radius 3 is 2.72 bits per heavy atom. The van der Waals surface area contributed by atoms with E-state index in [1.807, 2.05) is 13.0 Å². The quantitative estimate of drug-likeness (QED) is 0.264. The zero-order valence-electron chi connectivity index (χ0n) is 19.2. The maximum atomic E-state index is 13.4. The molecule has 0 amide bonds. The van der Waals surface area contributed by atoms with E-state index in [4.69, 9.17) is 20.4 Å². The lowest BCUT2D eigenvalue weighted by atomic mass is 10.3. The molecule has 0 bridgehead atoms. The molecule has 0 saturated carbocycles. The maximum absolute atomic E-state index is 13.4. The molecule has 0 radical (unpaired) electrons. The van der Waals surface area contributed by atoms with Crippen molar-refractivity contribution in [3.8, 4) is 17.7 Å². The van der Waals surface area contributed by atoms with Crippen LogP contribution in [-0.2, 0) is 10.0 Å². The Hall–Kier alpha value is -4.69. The Morgan fingerprint density at radius 1 is 1.22 bits per heavy atom. The molecule has 0 aliphatic carbocycles. The van der Waals surface area contributed by atoms with Gasteiger partial charge in [-0.2, -0.15) is 5.26 Å². The summed E-state index contributed by atoms with van der Waals surface area (Å²) in [6.45, 7) is 2.13. The fraction of sp³-hybridized carbons (Fsp3) is 0.120. The molecule has 0 atom stereocenters. The molecule has 5 rings (SSSR count). The highest BCUT2D eigenvalue weighted by Gasteiger charge is 2.24. The van der Waals surface area contributed by atoms with E-state index in [-0.39, 0.29) is 17.0 Å². The van der Waals surface area contributed by atoms with E-state index in [1.54, 1.807) is 41.1 Å². The first-order chi connectivity index (χ1) is 17.5. The van der Waals surface area contributed by atoms with Crippen molar-refractivity contribution in [2.24, 2.45) is 10.7 Å². The van der Waals surface area contributed by atoms with Crippen molar-refractivity contribution in [1.29, 1.82) is 5.26 Å². The van der Waals surface area contributed by atoms with Gasteiger partial charge in [0.15, 0.2) is 17.2 Å². The first-order valence-electron chi connectivity index (χ1n) is 11.0. The van der Waals surface area contributed by atoms with Crippen LogP contribution < -0.4 is 5.73 Å². The van der Waals surface area contributed by atoms with Gasteiger partial charge in [-0.1, -0.05) is 18.2 Å². The Bertz CT molecular complexity index is 1790. The predicted molar refractivity (Wildman–Crippen MR) is 137 cm³/mol. The minimum atomic E-state index is -3.88. The summed E-state index contributed by atoms with van der Waals surface area (Å²) in [7, 11) is -3.88. The standard InChI is InChI=1S/C25H21N7O3S/c1-17-8-9-22(35-17)25-30-21-16-29-24-20(23(21)32(25)18(14-27)15-28-12-5-11-26)10-13-31(24)36(33,34)19-6-3-2-4-7-19/h2-4,6-10,13-16H,5,12,27H2,1H3. The molecule has 5 aromatic rings. The third-order valence-electron chi connectivity index (χ3n) is 5.56. The van der Waals surface area contributed by atoms with Gasteiger partial charge in [0.2, 0.25) is 0 Å². The lowest BCUT2D eigenvalue weighted by Gasteiger charge is -2.10. The topological polar surface area (TPSA) is 145 Å². The molecule has 0 saturated heterocycles. The molecule has 0 aliphatic heterocycles. The van der Waals surface area contributed by atoms with Crippen LogP contribution in [0, 0.1) is 18.3 Å². The number of aryl methyl sites for hydroxylation is 1. The maximum Gasteiger partial charge on any atom is 0.269 e. The summed E-state index contributed by atoms with van der Waals surface area (Å²) in [4.78, 5) is 13.6. The number of fused-ring (bicyclic) bond motifs is 3. The van der Waals surface area contributed by atoms with E-state index < -0.39 is 10.0 Å². The number of pyridine rings is 1. The van der Waals surface area contributed by atoms with Crippen molar-refractivity contribution in [3.05, 3.63) is 72.9 Å². The monoisotopic (exact) mass is 499 g/mol. The van der Waals surface area contributed by atoms with Gasteiger partial charge >= 0.3 is 0 Å². The molecule has 0 spiro atoms. The van der Waals surface area contributed by atoms with Crippen LogP contribution in [0.25, 0.3) is 39.3 Å². The Morgan fingerprint density at radius 2 is 2.03 bits per heavy atom. The normalized spacial score (nSPS) is 12.6. The summed E-state index contributed by atoms with van der Waals surface area (Å²) in [5.41, 5.74) is 7.83. The average molecular weight is 500 g/mol. The molecule has 36 heavy (non-hydrogen) atoms. The minimum Gasteiger partial charge on any atom is -0.458 e. The predicted octanol–water partition coefficient (Wildman–Crippen LogP) is 3.93. The van der Waals surface area contributed by atoms with Crippen LogP contribution >= 0.6 is 0 Å². The van der Waals surface area contributed by atoms with Gasteiger partial charge in [0.1, 0.15) is 11.3 Å². The number of nitrogens with zero attached hydrogens (tertiary/aromatic N) is 6. The van der Waals surface area contributed by atoms with Gasteiger partial charge in [-0.15, -0.1) is 0 Å². The highest BCUT2D eigenvalue weighted by Crippen LogP contribution is 2.33. The van der Waals surface area contributed by atoms with Crippen molar-refractivity contribution in [3.63, 3.8) is 0 Å². The van der Waals surface area contributed by atoms with E-state index in [0.717, 1.165) is 3.97 Å².